The number of nitrogens with one attached hydrogen (secondary N) is 1. The van der Waals surface area contributed by atoms with Crippen LogP contribution < -0.4 is 5.32 Å². The van der Waals surface area contributed by atoms with Crippen LogP contribution in [0.3, 0.4) is 0 Å². The molecule has 0 bridgehead atoms. The smallest absolute Gasteiger partial charge is 0.225 e. The Balaban J connectivity index is 1.37. The van der Waals surface area contributed by atoms with Gasteiger partial charge in [0, 0.05) is 51.1 Å². The van der Waals surface area contributed by atoms with Crippen LogP contribution in [0.25, 0.3) is 6.08 Å². The molecule has 1 aliphatic heterocycles. The molecule has 1 aromatic rings. The number of benzene rings is 1. The van der Waals surface area contributed by atoms with Gasteiger partial charge in [0.2, 0.25) is 11.8 Å². The second-order valence-electron chi connectivity index (χ2n) is 8.28. The number of hydrogen-bond acceptors (Lipinski definition) is 3. The molecule has 1 aliphatic carbocycles. The second-order valence-corrected chi connectivity index (χ2v) is 8.28. The van der Waals surface area contributed by atoms with Crippen LogP contribution in [0, 0.1) is 11.8 Å². The Morgan fingerprint density at radius 2 is 1.66 bits per heavy atom. The van der Waals surface area contributed by atoms with Gasteiger partial charge >= 0.3 is 0 Å². The minimum Gasteiger partial charge on any atom is -0.356 e. The first kappa shape index (κ1) is 21.6. The topological polar surface area (TPSA) is 52.7 Å². The van der Waals surface area contributed by atoms with Crippen molar-refractivity contribution < 1.29 is 9.59 Å². The first-order chi connectivity index (χ1) is 14.2. The molecule has 2 amide bonds. The highest BCUT2D eigenvalue weighted by Gasteiger charge is 2.33. The van der Waals surface area contributed by atoms with Gasteiger partial charge in [0.05, 0.1) is 0 Å². The molecule has 5 nitrogen and oxygen atoms in total. The molecular formula is C24H35N3O2. The molecule has 5 heteroatoms. The van der Waals surface area contributed by atoms with E-state index in [1.807, 2.05) is 11.0 Å². The quantitative estimate of drug-likeness (QED) is 0.769. The first-order valence-electron chi connectivity index (χ1n) is 11.2. The Morgan fingerprint density at radius 1 is 1.00 bits per heavy atom. The summed E-state index contributed by atoms with van der Waals surface area (Å²) < 4.78 is 0. The Kier molecular flexibility index (Phi) is 8.29. The van der Waals surface area contributed by atoms with Crippen LogP contribution in [-0.2, 0) is 9.59 Å². The summed E-state index contributed by atoms with van der Waals surface area (Å²) in [5, 5.41) is 3.00. The number of carbonyl (C=O) groups excluding carboxylic acids is 2. The van der Waals surface area contributed by atoms with Gasteiger partial charge in [0.15, 0.2) is 0 Å². The minimum absolute atomic E-state index is 0.0962. The van der Waals surface area contributed by atoms with E-state index in [4.69, 9.17) is 0 Å². The standard InChI is InChI=1S/C24H35N3O2/c1-2-14-25-23(28)21-10-12-22(13-11-21)24(29)27-18-16-26(17-19-27)15-6-9-20-7-4-3-5-8-20/h3-9,21-22H,2,10-19H2,1H3,(H,25,28)/b9-6+. The highest BCUT2D eigenvalue weighted by atomic mass is 16.2. The molecule has 0 aromatic heterocycles. The summed E-state index contributed by atoms with van der Waals surface area (Å²) >= 11 is 0. The van der Waals surface area contributed by atoms with E-state index in [9.17, 15) is 9.59 Å². The van der Waals surface area contributed by atoms with Gasteiger partial charge in [-0.15, -0.1) is 0 Å². The third kappa shape index (κ3) is 6.43. The van der Waals surface area contributed by atoms with E-state index in [0.717, 1.165) is 71.4 Å². The second kappa shape index (κ2) is 11.1. The van der Waals surface area contributed by atoms with Gasteiger partial charge < -0.3 is 10.2 Å². The Hall–Kier alpha value is -2.14. The average Bonchev–Trinajstić information content (AvgIpc) is 2.78. The maximum atomic E-state index is 12.9. The van der Waals surface area contributed by atoms with Crippen molar-refractivity contribution in [3.05, 3.63) is 42.0 Å². The number of rotatable bonds is 7. The lowest BCUT2D eigenvalue weighted by Crippen LogP contribution is -2.50. The van der Waals surface area contributed by atoms with E-state index < -0.39 is 0 Å². The van der Waals surface area contributed by atoms with Crippen LogP contribution in [0.1, 0.15) is 44.6 Å². The maximum absolute atomic E-state index is 12.9. The third-order valence-corrected chi connectivity index (χ3v) is 6.15. The van der Waals surface area contributed by atoms with E-state index in [2.05, 4.69) is 53.6 Å². The lowest BCUT2D eigenvalue weighted by Gasteiger charge is -2.37. The number of hydrogen-bond donors (Lipinski definition) is 1. The summed E-state index contributed by atoms with van der Waals surface area (Å²) in [4.78, 5) is 29.5. The molecule has 1 heterocycles. The number of piperazine rings is 1. The molecule has 1 aromatic carbocycles. The lowest BCUT2D eigenvalue weighted by atomic mass is 9.81. The van der Waals surface area contributed by atoms with Gasteiger partial charge in [-0.3, -0.25) is 14.5 Å². The minimum atomic E-state index is 0.0962. The zero-order valence-electron chi connectivity index (χ0n) is 17.7. The fraction of sp³-hybridized carbons (Fsp3) is 0.583. The van der Waals surface area contributed by atoms with Gasteiger partial charge in [0.1, 0.15) is 0 Å². The summed E-state index contributed by atoms with van der Waals surface area (Å²) in [6, 6.07) is 10.3. The molecule has 0 radical (unpaired) electrons. The fourth-order valence-corrected chi connectivity index (χ4v) is 4.31. The van der Waals surface area contributed by atoms with Crippen molar-refractivity contribution in [1.29, 1.82) is 0 Å². The zero-order chi connectivity index (χ0) is 20.5. The van der Waals surface area contributed by atoms with Crippen LogP contribution in [-0.4, -0.2) is 60.9 Å². The molecule has 1 saturated heterocycles. The third-order valence-electron chi connectivity index (χ3n) is 6.15. The first-order valence-corrected chi connectivity index (χ1v) is 11.2. The number of carbonyl (C=O) groups is 2. The van der Waals surface area contributed by atoms with Gasteiger partial charge in [-0.25, -0.2) is 0 Å². The molecule has 2 aliphatic rings. The Morgan fingerprint density at radius 3 is 2.31 bits per heavy atom. The van der Waals surface area contributed by atoms with Crippen molar-refractivity contribution in [3.63, 3.8) is 0 Å². The summed E-state index contributed by atoms with van der Waals surface area (Å²) in [6.07, 6.45) is 8.72. The Bertz CT molecular complexity index is 673. The number of nitrogens with zero attached hydrogens (tertiary/aromatic N) is 2. The van der Waals surface area contributed by atoms with Gasteiger partial charge in [-0.1, -0.05) is 49.4 Å². The van der Waals surface area contributed by atoms with E-state index in [1.165, 1.54) is 5.56 Å². The Labute approximate surface area is 175 Å². The van der Waals surface area contributed by atoms with Crippen molar-refractivity contribution in [2.75, 3.05) is 39.3 Å². The SMILES string of the molecule is CCCNC(=O)C1CCC(C(=O)N2CCN(C/C=C/c3ccccc3)CC2)CC1. The molecular weight excluding hydrogens is 362 g/mol. The summed E-state index contributed by atoms with van der Waals surface area (Å²) in [7, 11) is 0. The molecule has 0 spiro atoms. The number of amides is 2. The van der Waals surface area contributed by atoms with Gasteiger partial charge in [-0.05, 0) is 37.7 Å². The van der Waals surface area contributed by atoms with Crippen LogP contribution in [0.2, 0.25) is 0 Å². The monoisotopic (exact) mass is 397 g/mol. The summed E-state index contributed by atoms with van der Waals surface area (Å²) in [5.41, 5.74) is 1.22. The zero-order valence-corrected chi connectivity index (χ0v) is 17.7. The largest absolute Gasteiger partial charge is 0.356 e. The summed E-state index contributed by atoms with van der Waals surface area (Å²) in [6.45, 7) is 7.23. The van der Waals surface area contributed by atoms with Gasteiger partial charge in [0.25, 0.3) is 0 Å². The van der Waals surface area contributed by atoms with Crippen molar-refractivity contribution >= 4 is 17.9 Å². The van der Waals surface area contributed by atoms with Crippen LogP contribution in [0.5, 0.6) is 0 Å². The van der Waals surface area contributed by atoms with E-state index in [1.54, 1.807) is 0 Å². The molecule has 0 atom stereocenters. The van der Waals surface area contributed by atoms with Crippen molar-refractivity contribution in [2.24, 2.45) is 11.8 Å². The fourth-order valence-electron chi connectivity index (χ4n) is 4.31. The van der Waals surface area contributed by atoms with Crippen LogP contribution >= 0.6 is 0 Å². The molecule has 29 heavy (non-hydrogen) atoms. The summed E-state index contributed by atoms with van der Waals surface area (Å²) in [5.74, 6) is 0.681. The van der Waals surface area contributed by atoms with E-state index in [-0.39, 0.29) is 17.7 Å². The lowest BCUT2D eigenvalue weighted by molar-refractivity contribution is -0.139. The molecule has 0 unspecified atom stereocenters. The van der Waals surface area contributed by atoms with E-state index in [0.29, 0.717) is 5.91 Å². The molecule has 3 rings (SSSR count). The predicted molar refractivity (Wildman–Crippen MR) is 117 cm³/mol. The van der Waals surface area contributed by atoms with Crippen molar-refractivity contribution in [3.8, 4) is 0 Å². The normalized spacial score (nSPS) is 23.3. The highest BCUT2D eigenvalue weighted by molar-refractivity contribution is 5.81. The maximum Gasteiger partial charge on any atom is 0.225 e. The van der Waals surface area contributed by atoms with E-state index >= 15 is 0 Å². The average molecular weight is 398 g/mol. The van der Waals surface area contributed by atoms with Crippen molar-refractivity contribution in [2.45, 2.75) is 39.0 Å². The van der Waals surface area contributed by atoms with Crippen LogP contribution in [0.4, 0.5) is 0 Å². The van der Waals surface area contributed by atoms with Crippen LogP contribution in [0.15, 0.2) is 36.4 Å². The molecule has 1 N–H and O–H groups in total. The van der Waals surface area contributed by atoms with Crippen molar-refractivity contribution in [1.82, 2.24) is 15.1 Å². The predicted octanol–water partition coefficient (Wildman–Crippen LogP) is 3.18. The molecule has 2 fully saturated rings. The molecule has 1 saturated carbocycles. The highest BCUT2D eigenvalue weighted by Crippen LogP contribution is 2.30. The van der Waals surface area contributed by atoms with Gasteiger partial charge in [-0.2, -0.15) is 0 Å². The molecule has 158 valence electrons.